The first-order valence-corrected chi connectivity index (χ1v) is 14.1. The van der Waals surface area contributed by atoms with Gasteiger partial charge in [-0.1, -0.05) is 115 Å². The molecule has 0 radical (unpaired) electrons. The van der Waals surface area contributed by atoms with Crippen LogP contribution < -0.4 is 4.90 Å². The lowest BCUT2D eigenvalue weighted by Crippen LogP contribution is -2.09. The fraction of sp³-hybridized carbons (Fsp3) is 0.0250. The fourth-order valence-electron chi connectivity index (χ4n) is 5.22. The van der Waals surface area contributed by atoms with Gasteiger partial charge in [0.1, 0.15) is 0 Å². The minimum absolute atomic E-state index is 0.672. The number of hydrogen-bond acceptors (Lipinski definition) is 2. The highest BCUT2D eigenvalue weighted by Gasteiger charge is 2.13. The van der Waals surface area contributed by atoms with Crippen LogP contribution in [0.2, 0.25) is 0 Å². The van der Waals surface area contributed by atoms with Gasteiger partial charge >= 0.3 is 0 Å². The average Bonchev–Trinajstić information content (AvgIpc) is 3.06. The smallest absolute Gasteiger partial charge is 0.0991 e. The summed E-state index contributed by atoms with van der Waals surface area (Å²) < 4.78 is 0. The van der Waals surface area contributed by atoms with Crippen molar-refractivity contribution >= 4 is 28.7 Å². The van der Waals surface area contributed by atoms with Crippen molar-refractivity contribution in [2.45, 2.75) is 6.92 Å². The van der Waals surface area contributed by atoms with Crippen LogP contribution in [0.4, 0.5) is 17.1 Å². The molecule has 6 rings (SSSR count). The fourth-order valence-corrected chi connectivity index (χ4v) is 5.22. The molecule has 2 heteroatoms. The highest BCUT2D eigenvalue weighted by Crippen LogP contribution is 2.36. The molecule has 42 heavy (non-hydrogen) atoms. The Bertz CT molecular complexity index is 1840. The summed E-state index contributed by atoms with van der Waals surface area (Å²) in [6, 6.07) is 57.0. The van der Waals surface area contributed by atoms with E-state index >= 15 is 0 Å². The van der Waals surface area contributed by atoms with Gasteiger partial charge in [-0.3, -0.25) is 0 Å². The first-order valence-electron chi connectivity index (χ1n) is 14.1. The summed E-state index contributed by atoms with van der Waals surface area (Å²) in [6.07, 6.45) is 2.12. The maximum atomic E-state index is 9.19. The maximum Gasteiger partial charge on any atom is 0.0991 e. The lowest BCUT2D eigenvalue weighted by Gasteiger charge is -2.26. The zero-order valence-electron chi connectivity index (χ0n) is 23.5. The summed E-state index contributed by atoms with van der Waals surface area (Å²) in [6.45, 7) is 2.10. The highest BCUT2D eigenvalue weighted by molar-refractivity contribution is 5.82. The van der Waals surface area contributed by atoms with Crippen molar-refractivity contribution in [3.8, 4) is 28.3 Å². The first-order chi connectivity index (χ1) is 20.7. The number of hydrogen-bond donors (Lipinski definition) is 0. The third-order valence-corrected chi connectivity index (χ3v) is 7.44. The number of nitriles is 1. The molecule has 0 saturated heterocycles. The number of rotatable bonds is 7. The Labute approximate surface area is 248 Å². The molecule has 0 unspecified atom stereocenters. The molecule has 6 aromatic rings. The van der Waals surface area contributed by atoms with Crippen LogP contribution in [0.25, 0.3) is 33.9 Å². The summed E-state index contributed by atoms with van der Waals surface area (Å²) in [5, 5.41) is 9.19. The van der Waals surface area contributed by atoms with E-state index < -0.39 is 0 Å². The second-order valence-corrected chi connectivity index (χ2v) is 10.3. The molecule has 0 aliphatic rings. The zero-order valence-corrected chi connectivity index (χ0v) is 23.5. The van der Waals surface area contributed by atoms with Crippen molar-refractivity contribution in [3.05, 3.63) is 174 Å². The largest absolute Gasteiger partial charge is 0.311 e. The van der Waals surface area contributed by atoms with E-state index in [0.29, 0.717) is 5.56 Å². The van der Waals surface area contributed by atoms with Gasteiger partial charge in [0, 0.05) is 17.1 Å². The van der Waals surface area contributed by atoms with E-state index in [9.17, 15) is 5.26 Å². The van der Waals surface area contributed by atoms with Crippen molar-refractivity contribution in [1.29, 1.82) is 5.26 Å². The number of benzene rings is 6. The van der Waals surface area contributed by atoms with Crippen LogP contribution in [0.1, 0.15) is 23.6 Å². The minimum Gasteiger partial charge on any atom is -0.311 e. The molecule has 0 aliphatic heterocycles. The molecule has 0 aliphatic carbocycles. The topological polar surface area (TPSA) is 27.0 Å². The van der Waals surface area contributed by atoms with Gasteiger partial charge in [-0.05, 0) is 94.4 Å². The SMILES string of the molecule is C/C(=C/c1cccc(C#N)c1)c1ccc(-c2ccc(N(c3ccccc3)c3ccc(-c4ccccc4)cc3)cc2)cc1. The van der Waals surface area contributed by atoms with E-state index in [-0.39, 0.29) is 0 Å². The van der Waals surface area contributed by atoms with E-state index in [4.69, 9.17) is 0 Å². The Hall–Kier alpha value is -5.65. The Morgan fingerprint density at radius 1 is 0.524 bits per heavy atom. The predicted octanol–water partition coefficient (Wildman–Crippen LogP) is 10.9. The molecule has 6 aromatic carbocycles. The third kappa shape index (κ3) is 5.92. The van der Waals surface area contributed by atoms with Crippen molar-refractivity contribution in [2.24, 2.45) is 0 Å². The van der Waals surface area contributed by atoms with Crippen LogP contribution in [0.5, 0.6) is 0 Å². The van der Waals surface area contributed by atoms with Crippen LogP contribution >= 0.6 is 0 Å². The number of anilines is 3. The normalized spacial score (nSPS) is 11.1. The van der Waals surface area contributed by atoms with Gasteiger partial charge in [-0.25, -0.2) is 0 Å². The zero-order chi connectivity index (χ0) is 28.7. The molecular formula is C40H30N2. The van der Waals surface area contributed by atoms with Gasteiger partial charge in [-0.2, -0.15) is 5.26 Å². The average molecular weight is 539 g/mol. The molecule has 0 heterocycles. The molecule has 0 fully saturated rings. The molecule has 0 bridgehead atoms. The van der Waals surface area contributed by atoms with Gasteiger partial charge < -0.3 is 4.90 Å². The standard InChI is InChI=1S/C40H30N2/c1-30(27-31-9-8-10-32(28-31)29-41)33-15-17-35(18-16-33)37-21-25-40(26-22-37)42(38-13-6-3-7-14-38)39-23-19-36(20-24-39)34-11-4-2-5-12-34/h2-28H,1H3/b30-27-. The number of para-hydroxylation sites is 1. The van der Waals surface area contributed by atoms with Crippen LogP contribution in [0.3, 0.4) is 0 Å². The van der Waals surface area contributed by atoms with Crippen LogP contribution in [0, 0.1) is 11.3 Å². The van der Waals surface area contributed by atoms with E-state index in [2.05, 4.69) is 145 Å². The molecule has 0 atom stereocenters. The van der Waals surface area contributed by atoms with E-state index in [1.165, 1.54) is 22.3 Å². The Morgan fingerprint density at radius 3 is 1.55 bits per heavy atom. The highest BCUT2D eigenvalue weighted by atomic mass is 15.1. The van der Waals surface area contributed by atoms with Gasteiger partial charge in [0.15, 0.2) is 0 Å². The van der Waals surface area contributed by atoms with Gasteiger partial charge in [0.2, 0.25) is 0 Å². The molecular weight excluding hydrogens is 508 g/mol. The molecule has 0 amide bonds. The second-order valence-electron chi connectivity index (χ2n) is 10.3. The molecule has 0 aromatic heterocycles. The van der Waals surface area contributed by atoms with E-state index in [1.807, 2.05) is 36.4 Å². The van der Waals surface area contributed by atoms with Gasteiger partial charge in [0.05, 0.1) is 11.6 Å². The number of nitrogens with zero attached hydrogens (tertiary/aromatic N) is 2. The van der Waals surface area contributed by atoms with Crippen molar-refractivity contribution in [2.75, 3.05) is 4.90 Å². The summed E-state index contributed by atoms with van der Waals surface area (Å²) in [5.41, 5.74) is 12.1. The second kappa shape index (κ2) is 12.3. The molecule has 0 N–H and O–H groups in total. The summed E-state index contributed by atoms with van der Waals surface area (Å²) in [5.74, 6) is 0. The van der Waals surface area contributed by atoms with Crippen LogP contribution in [-0.2, 0) is 0 Å². The Morgan fingerprint density at radius 2 is 1.00 bits per heavy atom. The molecule has 0 saturated carbocycles. The quantitative estimate of drug-likeness (QED) is 0.189. The lowest BCUT2D eigenvalue weighted by atomic mass is 9.99. The molecule has 0 spiro atoms. The van der Waals surface area contributed by atoms with Crippen molar-refractivity contribution in [1.82, 2.24) is 0 Å². The minimum atomic E-state index is 0.672. The molecule has 2 nitrogen and oxygen atoms in total. The predicted molar refractivity (Wildman–Crippen MR) is 177 cm³/mol. The van der Waals surface area contributed by atoms with E-state index in [1.54, 1.807) is 0 Å². The summed E-state index contributed by atoms with van der Waals surface area (Å²) in [4.78, 5) is 2.29. The summed E-state index contributed by atoms with van der Waals surface area (Å²) in [7, 11) is 0. The number of allylic oxidation sites excluding steroid dienone is 1. The lowest BCUT2D eigenvalue weighted by molar-refractivity contribution is 1.28. The maximum absolute atomic E-state index is 9.19. The van der Waals surface area contributed by atoms with Gasteiger partial charge in [0.25, 0.3) is 0 Å². The van der Waals surface area contributed by atoms with Crippen molar-refractivity contribution < 1.29 is 0 Å². The third-order valence-electron chi connectivity index (χ3n) is 7.44. The Balaban J connectivity index is 1.25. The summed E-state index contributed by atoms with van der Waals surface area (Å²) >= 11 is 0. The van der Waals surface area contributed by atoms with E-state index in [0.717, 1.165) is 33.8 Å². The molecule has 200 valence electrons. The van der Waals surface area contributed by atoms with Crippen LogP contribution in [-0.4, -0.2) is 0 Å². The monoisotopic (exact) mass is 538 g/mol. The van der Waals surface area contributed by atoms with Gasteiger partial charge in [-0.15, -0.1) is 0 Å². The Kier molecular flexibility index (Phi) is 7.75. The first kappa shape index (κ1) is 26.6. The van der Waals surface area contributed by atoms with Crippen LogP contribution in [0.15, 0.2) is 158 Å². The van der Waals surface area contributed by atoms with Crippen molar-refractivity contribution in [3.63, 3.8) is 0 Å².